The van der Waals surface area contributed by atoms with E-state index in [1.54, 1.807) is 0 Å². The molecule has 0 atom stereocenters. The van der Waals surface area contributed by atoms with Gasteiger partial charge in [0.25, 0.3) is 0 Å². The van der Waals surface area contributed by atoms with Gasteiger partial charge in [-0.3, -0.25) is 0 Å². The Morgan fingerprint density at radius 3 is 1.76 bits per heavy atom. The van der Waals surface area contributed by atoms with Crippen molar-refractivity contribution in [1.29, 1.82) is 0 Å². The zero-order chi connectivity index (χ0) is 11.5. The summed E-state index contributed by atoms with van der Waals surface area (Å²) in [5.41, 5.74) is 3.74. The van der Waals surface area contributed by atoms with Crippen molar-refractivity contribution in [2.45, 2.75) is 0 Å². The molecule has 0 radical (unpaired) electrons. The van der Waals surface area contributed by atoms with Crippen LogP contribution in [0.15, 0.2) is 48.8 Å². The van der Waals surface area contributed by atoms with Crippen LogP contribution in [0.5, 0.6) is 0 Å². The third-order valence-electron chi connectivity index (χ3n) is 2.70. The van der Waals surface area contributed by atoms with Gasteiger partial charge in [-0.1, -0.05) is 12.1 Å². The van der Waals surface area contributed by atoms with Crippen LogP contribution in [0.1, 0.15) is 0 Å². The average Bonchev–Trinajstić information content (AvgIpc) is 2.30. The van der Waals surface area contributed by atoms with E-state index in [1.807, 2.05) is 11.6 Å². The van der Waals surface area contributed by atoms with Gasteiger partial charge in [-0.15, -0.1) is 0 Å². The third-order valence-corrected chi connectivity index (χ3v) is 2.70. The molecule has 2 aromatic rings. The number of halogens is 1. The van der Waals surface area contributed by atoms with Gasteiger partial charge in [0.15, 0.2) is 12.4 Å². The quantitative estimate of drug-likeness (QED) is 0.516. The second kappa shape index (κ2) is 6.00. The summed E-state index contributed by atoms with van der Waals surface area (Å²) < 4.78 is 2.04. The van der Waals surface area contributed by atoms with E-state index in [9.17, 15) is 0 Å². The maximum Gasteiger partial charge on any atom is 0.169 e. The number of aryl methyl sites for hydroxylation is 1. The molecular formula is C14H17IN2. The number of hydrogen-bond donors (Lipinski definition) is 0. The zero-order valence-electron chi connectivity index (χ0n) is 10.4. The molecule has 0 saturated heterocycles. The van der Waals surface area contributed by atoms with Crippen molar-refractivity contribution >= 4 is 5.69 Å². The number of benzene rings is 1. The molecule has 0 amide bonds. The number of aromatic nitrogens is 1. The molecule has 1 aromatic carbocycles. The van der Waals surface area contributed by atoms with Gasteiger partial charge in [-0.05, 0) is 23.3 Å². The standard InChI is InChI=1S/C14H17N2.HI/c1-15(2)14-6-4-12(5-7-14)13-8-10-16(3)11-9-13;/h4-11H,1-3H3;1H/q+1;/p-1. The van der Waals surface area contributed by atoms with E-state index in [-0.39, 0.29) is 24.0 Å². The molecule has 1 heterocycles. The van der Waals surface area contributed by atoms with Crippen LogP contribution in [0.25, 0.3) is 11.1 Å². The molecule has 0 saturated carbocycles. The fourth-order valence-electron chi connectivity index (χ4n) is 1.65. The van der Waals surface area contributed by atoms with Crippen molar-refractivity contribution < 1.29 is 28.5 Å². The summed E-state index contributed by atoms with van der Waals surface area (Å²) in [6.45, 7) is 0. The second-order valence-electron chi connectivity index (χ2n) is 4.19. The highest BCUT2D eigenvalue weighted by molar-refractivity contribution is 5.65. The molecule has 0 unspecified atom stereocenters. The smallest absolute Gasteiger partial charge is 0.169 e. The summed E-state index contributed by atoms with van der Waals surface area (Å²) in [5, 5.41) is 0. The fraction of sp³-hybridized carbons (Fsp3) is 0.214. The van der Waals surface area contributed by atoms with Crippen LogP contribution in [-0.2, 0) is 7.05 Å². The van der Waals surface area contributed by atoms with Gasteiger partial charge in [0, 0.05) is 31.9 Å². The highest BCUT2D eigenvalue weighted by Gasteiger charge is 2.00. The van der Waals surface area contributed by atoms with E-state index >= 15 is 0 Å². The molecule has 0 bridgehead atoms. The number of hydrogen-bond acceptors (Lipinski definition) is 1. The number of rotatable bonds is 2. The van der Waals surface area contributed by atoms with E-state index in [4.69, 9.17) is 0 Å². The van der Waals surface area contributed by atoms with Crippen LogP contribution in [0.3, 0.4) is 0 Å². The Morgan fingerprint density at radius 1 is 0.824 bits per heavy atom. The van der Waals surface area contributed by atoms with Gasteiger partial charge in [0.2, 0.25) is 0 Å². The lowest BCUT2D eigenvalue weighted by Crippen LogP contribution is -3.00. The minimum Gasteiger partial charge on any atom is -1.00 e. The Hall–Kier alpha value is -1.10. The maximum absolute atomic E-state index is 2.16. The summed E-state index contributed by atoms with van der Waals surface area (Å²) >= 11 is 0. The minimum atomic E-state index is 0. The van der Waals surface area contributed by atoms with E-state index in [2.05, 4.69) is 67.8 Å². The van der Waals surface area contributed by atoms with E-state index in [1.165, 1.54) is 16.8 Å². The number of anilines is 1. The molecule has 0 spiro atoms. The van der Waals surface area contributed by atoms with E-state index in [0.29, 0.717) is 0 Å². The summed E-state index contributed by atoms with van der Waals surface area (Å²) in [7, 11) is 6.13. The van der Waals surface area contributed by atoms with Crippen molar-refractivity contribution in [3.8, 4) is 11.1 Å². The number of nitrogens with zero attached hydrogens (tertiary/aromatic N) is 2. The molecule has 0 aliphatic heterocycles. The highest BCUT2D eigenvalue weighted by Crippen LogP contribution is 2.21. The van der Waals surface area contributed by atoms with E-state index < -0.39 is 0 Å². The Bertz CT molecular complexity index is 461. The van der Waals surface area contributed by atoms with Gasteiger partial charge >= 0.3 is 0 Å². The van der Waals surface area contributed by atoms with Crippen molar-refractivity contribution in [2.24, 2.45) is 7.05 Å². The Morgan fingerprint density at radius 2 is 1.29 bits per heavy atom. The van der Waals surface area contributed by atoms with Gasteiger partial charge in [0.1, 0.15) is 7.05 Å². The predicted molar refractivity (Wildman–Crippen MR) is 67.4 cm³/mol. The number of pyridine rings is 1. The second-order valence-corrected chi connectivity index (χ2v) is 4.19. The lowest BCUT2D eigenvalue weighted by molar-refractivity contribution is -0.671. The van der Waals surface area contributed by atoms with Crippen LogP contribution >= 0.6 is 0 Å². The van der Waals surface area contributed by atoms with Crippen molar-refractivity contribution in [3.63, 3.8) is 0 Å². The predicted octanol–water partition coefficient (Wildman–Crippen LogP) is -0.752. The van der Waals surface area contributed by atoms with Gasteiger partial charge in [-0.25, -0.2) is 4.57 Å². The largest absolute Gasteiger partial charge is 1.00 e. The van der Waals surface area contributed by atoms with Crippen molar-refractivity contribution in [2.75, 3.05) is 19.0 Å². The van der Waals surface area contributed by atoms with Gasteiger partial charge in [-0.2, -0.15) is 0 Å². The average molecular weight is 340 g/mol. The maximum atomic E-state index is 2.16. The summed E-state index contributed by atoms with van der Waals surface area (Å²) in [4.78, 5) is 2.11. The van der Waals surface area contributed by atoms with Crippen molar-refractivity contribution in [1.82, 2.24) is 0 Å². The summed E-state index contributed by atoms with van der Waals surface area (Å²) in [6, 6.07) is 12.9. The molecule has 90 valence electrons. The highest BCUT2D eigenvalue weighted by atomic mass is 127. The molecule has 1 aromatic heterocycles. The normalized spacial score (nSPS) is 9.59. The SMILES string of the molecule is CN(C)c1ccc(-c2cc[n+](C)cc2)cc1.[I-]. The Balaban J connectivity index is 0.00000144. The molecule has 2 rings (SSSR count). The van der Waals surface area contributed by atoms with Crippen LogP contribution in [0.2, 0.25) is 0 Å². The topological polar surface area (TPSA) is 7.12 Å². The summed E-state index contributed by atoms with van der Waals surface area (Å²) in [6.07, 6.45) is 4.13. The molecular weight excluding hydrogens is 323 g/mol. The molecule has 0 aliphatic rings. The molecule has 2 nitrogen and oxygen atoms in total. The Kier molecular flexibility index (Phi) is 4.93. The zero-order valence-corrected chi connectivity index (χ0v) is 12.5. The fourth-order valence-corrected chi connectivity index (χ4v) is 1.65. The van der Waals surface area contributed by atoms with E-state index in [0.717, 1.165) is 0 Å². The monoisotopic (exact) mass is 340 g/mol. The first kappa shape index (κ1) is 14.0. The first-order valence-electron chi connectivity index (χ1n) is 5.40. The van der Waals surface area contributed by atoms with Crippen LogP contribution in [0.4, 0.5) is 5.69 Å². The van der Waals surface area contributed by atoms with Crippen LogP contribution < -0.4 is 33.4 Å². The lowest BCUT2D eigenvalue weighted by Gasteiger charge is -2.12. The first-order valence-corrected chi connectivity index (χ1v) is 5.40. The molecule has 17 heavy (non-hydrogen) atoms. The Labute approximate surface area is 120 Å². The molecule has 0 fully saturated rings. The molecule has 0 N–H and O–H groups in total. The third kappa shape index (κ3) is 3.43. The van der Waals surface area contributed by atoms with Crippen LogP contribution in [-0.4, -0.2) is 14.1 Å². The van der Waals surface area contributed by atoms with Crippen LogP contribution in [0, 0.1) is 0 Å². The van der Waals surface area contributed by atoms with Gasteiger partial charge < -0.3 is 28.9 Å². The van der Waals surface area contributed by atoms with Gasteiger partial charge in [0.05, 0.1) is 0 Å². The van der Waals surface area contributed by atoms with Crippen molar-refractivity contribution in [3.05, 3.63) is 48.8 Å². The lowest BCUT2D eigenvalue weighted by atomic mass is 10.1. The first-order chi connectivity index (χ1) is 7.66. The molecule has 3 heteroatoms. The molecule has 0 aliphatic carbocycles. The summed E-state index contributed by atoms with van der Waals surface area (Å²) in [5.74, 6) is 0. The minimum absolute atomic E-state index is 0.